The van der Waals surface area contributed by atoms with Gasteiger partial charge in [-0.1, -0.05) is 49.0 Å². The third-order valence-corrected chi connectivity index (χ3v) is 9.75. The molecule has 2 saturated heterocycles. The topological polar surface area (TPSA) is 113 Å². The normalized spacial score (nSPS) is 20.0. The number of ether oxygens (including phenoxy) is 1. The Morgan fingerprint density at radius 1 is 1.03 bits per heavy atom. The maximum atomic E-state index is 13.5. The molecule has 9 nitrogen and oxygen atoms in total. The van der Waals surface area contributed by atoms with Gasteiger partial charge in [-0.2, -0.15) is 4.31 Å². The first-order valence-corrected chi connectivity index (χ1v) is 15.3. The average Bonchev–Trinajstić information content (AvgIpc) is 3.42. The fraction of sp³-hybridized carbons (Fsp3) is 0.423. The Hall–Kier alpha value is -2.57. The van der Waals surface area contributed by atoms with E-state index in [2.05, 4.69) is 11.3 Å². The minimum Gasteiger partial charge on any atom is -0.378 e. The van der Waals surface area contributed by atoms with Gasteiger partial charge in [0.15, 0.2) is 0 Å². The van der Waals surface area contributed by atoms with E-state index in [0.29, 0.717) is 45.7 Å². The molecule has 0 aromatic heterocycles. The molecule has 200 valence electrons. The first kappa shape index (κ1) is 27.5. The van der Waals surface area contributed by atoms with Crippen LogP contribution in [0.25, 0.3) is 0 Å². The number of amides is 1. The summed E-state index contributed by atoms with van der Waals surface area (Å²) in [6.07, 6.45) is 1.07. The average molecular weight is 548 g/mol. The lowest BCUT2D eigenvalue weighted by molar-refractivity contribution is -0.136. The Balaban J connectivity index is 1.49. The molecule has 2 unspecified atom stereocenters. The van der Waals surface area contributed by atoms with Crippen molar-refractivity contribution in [3.63, 3.8) is 0 Å². The number of benzene rings is 2. The van der Waals surface area contributed by atoms with Crippen molar-refractivity contribution < 1.29 is 26.4 Å². The van der Waals surface area contributed by atoms with Gasteiger partial charge in [-0.25, -0.2) is 21.6 Å². The highest BCUT2D eigenvalue weighted by Crippen LogP contribution is 2.28. The predicted octanol–water partition coefficient (Wildman–Crippen LogP) is 1.95. The fourth-order valence-corrected chi connectivity index (χ4v) is 6.81. The summed E-state index contributed by atoms with van der Waals surface area (Å²) < 4.78 is 59.0. The lowest BCUT2D eigenvalue weighted by Crippen LogP contribution is -2.43. The zero-order valence-corrected chi connectivity index (χ0v) is 22.3. The third kappa shape index (κ3) is 6.85. The molecule has 0 bridgehead atoms. The molecule has 37 heavy (non-hydrogen) atoms. The van der Waals surface area contributed by atoms with E-state index in [0.717, 1.165) is 16.5 Å². The summed E-state index contributed by atoms with van der Waals surface area (Å²) in [5, 5.41) is 0.840. The van der Waals surface area contributed by atoms with Crippen LogP contribution in [0.4, 0.5) is 0 Å². The summed E-state index contributed by atoms with van der Waals surface area (Å²) in [7, 11) is -7.30. The van der Waals surface area contributed by atoms with E-state index >= 15 is 0 Å². The molecule has 0 radical (unpaired) electrons. The molecular weight excluding hydrogens is 514 g/mol. The van der Waals surface area contributed by atoms with E-state index < -0.39 is 26.0 Å². The number of nitrogens with zero attached hydrogens (tertiary/aromatic N) is 2. The third-order valence-electron chi connectivity index (χ3n) is 6.86. The quantitative estimate of drug-likeness (QED) is 0.487. The SMILES string of the molecule is C=CS(=O)(=O)NCC1CCN(S(=O)(=O)c2ccc(C(Cc3ccccc3)C(=O)N3CCOCC3)cc2)C1. The molecule has 4 rings (SSSR count). The number of morpholine rings is 1. The molecule has 1 amide bonds. The summed E-state index contributed by atoms with van der Waals surface area (Å²) >= 11 is 0. The van der Waals surface area contributed by atoms with E-state index in [4.69, 9.17) is 4.74 Å². The number of carbonyl (C=O) groups is 1. The molecule has 11 heteroatoms. The highest BCUT2D eigenvalue weighted by Gasteiger charge is 2.33. The van der Waals surface area contributed by atoms with Crippen molar-refractivity contribution in [1.29, 1.82) is 0 Å². The predicted molar refractivity (Wildman–Crippen MR) is 141 cm³/mol. The number of rotatable bonds is 10. The molecule has 2 aromatic carbocycles. The highest BCUT2D eigenvalue weighted by molar-refractivity contribution is 7.92. The molecule has 2 heterocycles. The minimum absolute atomic E-state index is 0.00659. The largest absolute Gasteiger partial charge is 0.378 e. The van der Waals surface area contributed by atoms with Crippen LogP contribution in [0.1, 0.15) is 23.5 Å². The molecule has 2 aromatic rings. The van der Waals surface area contributed by atoms with Crippen LogP contribution < -0.4 is 4.72 Å². The summed E-state index contributed by atoms with van der Waals surface area (Å²) in [6.45, 7) is 6.06. The van der Waals surface area contributed by atoms with Crippen molar-refractivity contribution in [1.82, 2.24) is 13.9 Å². The molecule has 2 aliphatic rings. The lowest BCUT2D eigenvalue weighted by Gasteiger charge is -2.31. The van der Waals surface area contributed by atoms with Crippen LogP contribution in [0.2, 0.25) is 0 Å². The first-order chi connectivity index (χ1) is 17.7. The van der Waals surface area contributed by atoms with Crippen molar-refractivity contribution in [3.8, 4) is 0 Å². The number of carbonyl (C=O) groups excluding carboxylic acids is 1. The van der Waals surface area contributed by atoms with Gasteiger partial charge in [0.2, 0.25) is 26.0 Å². The zero-order valence-electron chi connectivity index (χ0n) is 20.7. The van der Waals surface area contributed by atoms with Crippen molar-refractivity contribution in [2.45, 2.75) is 23.7 Å². The number of hydrogen-bond acceptors (Lipinski definition) is 6. The minimum atomic E-state index is -3.75. The number of sulfonamides is 2. The van der Waals surface area contributed by atoms with Crippen LogP contribution >= 0.6 is 0 Å². The van der Waals surface area contributed by atoms with Gasteiger partial charge < -0.3 is 9.64 Å². The van der Waals surface area contributed by atoms with E-state index in [1.807, 2.05) is 35.2 Å². The molecule has 0 spiro atoms. The van der Waals surface area contributed by atoms with Crippen LogP contribution in [0.5, 0.6) is 0 Å². The van der Waals surface area contributed by atoms with E-state index in [1.54, 1.807) is 24.3 Å². The van der Waals surface area contributed by atoms with Crippen molar-refractivity contribution in [2.24, 2.45) is 5.92 Å². The summed E-state index contributed by atoms with van der Waals surface area (Å²) in [5.74, 6) is -0.552. The molecule has 0 aliphatic carbocycles. The van der Waals surface area contributed by atoms with Gasteiger partial charge >= 0.3 is 0 Å². The Kier molecular flexibility index (Phi) is 8.81. The highest BCUT2D eigenvalue weighted by atomic mass is 32.2. The Labute approximate surface area is 219 Å². The van der Waals surface area contributed by atoms with Crippen molar-refractivity contribution in [2.75, 3.05) is 45.9 Å². The molecule has 0 saturated carbocycles. The summed E-state index contributed by atoms with van der Waals surface area (Å²) in [5.41, 5.74) is 1.79. The van der Waals surface area contributed by atoms with E-state index in [-0.39, 0.29) is 29.8 Å². The van der Waals surface area contributed by atoms with Gasteiger partial charge in [-0.3, -0.25) is 4.79 Å². The maximum Gasteiger partial charge on any atom is 0.243 e. The zero-order chi connectivity index (χ0) is 26.5. The van der Waals surface area contributed by atoms with Gasteiger partial charge in [0.25, 0.3) is 0 Å². The lowest BCUT2D eigenvalue weighted by atomic mass is 9.90. The summed E-state index contributed by atoms with van der Waals surface area (Å²) in [4.78, 5) is 15.4. The molecule has 2 atom stereocenters. The second-order valence-corrected chi connectivity index (χ2v) is 13.0. The number of nitrogens with one attached hydrogen (secondary N) is 1. The second-order valence-electron chi connectivity index (χ2n) is 9.33. The second kappa shape index (κ2) is 11.9. The van der Waals surface area contributed by atoms with Gasteiger partial charge in [-0.05, 0) is 42.0 Å². The van der Waals surface area contributed by atoms with Crippen LogP contribution in [0.15, 0.2) is 71.5 Å². The molecule has 1 N–H and O–H groups in total. The first-order valence-electron chi connectivity index (χ1n) is 12.3. The van der Waals surface area contributed by atoms with Gasteiger partial charge in [-0.15, -0.1) is 0 Å². The van der Waals surface area contributed by atoms with Gasteiger partial charge in [0.1, 0.15) is 0 Å². The van der Waals surface area contributed by atoms with Crippen LogP contribution in [0, 0.1) is 5.92 Å². The van der Waals surface area contributed by atoms with Crippen molar-refractivity contribution in [3.05, 3.63) is 77.7 Å². The fourth-order valence-electron chi connectivity index (χ4n) is 4.70. The van der Waals surface area contributed by atoms with E-state index in [1.165, 1.54) is 4.31 Å². The molecule has 2 fully saturated rings. The van der Waals surface area contributed by atoms with Gasteiger partial charge in [0.05, 0.1) is 24.0 Å². The maximum absolute atomic E-state index is 13.5. The molecule has 2 aliphatic heterocycles. The van der Waals surface area contributed by atoms with Crippen molar-refractivity contribution >= 4 is 26.0 Å². The van der Waals surface area contributed by atoms with Crippen LogP contribution in [0.3, 0.4) is 0 Å². The van der Waals surface area contributed by atoms with Crippen LogP contribution in [-0.2, 0) is 36.0 Å². The molecular formula is C26H33N3O6S2. The van der Waals surface area contributed by atoms with Gasteiger partial charge in [0, 0.05) is 38.1 Å². The number of hydrogen-bond donors (Lipinski definition) is 1. The van der Waals surface area contributed by atoms with Crippen LogP contribution in [-0.4, -0.2) is 77.9 Å². The standard InChI is InChI=1S/C26H33N3O6S2/c1-2-36(31,32)27-19-22-12-13-29(20-22)37(33,34)24-10-8-23(9-11-24)25(18-21-6-4-3-5-7-21)26(30)28-14-16-35-17-15-28/h2-11,22,25,27H,1,12-20H2. The Morgan fingerprint density at radius 3 is 2.35 bits per heavy atom. The van der Waals surface area contributed by atoms with E-state index in [9.17, 15) is 21.6 Å². The Morgan fingerprint density at radius 2 is 1.70 bits per heavy atom. The monoisotopic (exact) mass is 547 g/mol. The Bertz CT molecular complexity index is 1290. The smallest absolute Gasteiger partial charge is 0.243 e. The summed E-state index contributed by atoms with van der Waals surface area (Å²) in [6, 6.07) is 16.3.